The van der Waals surface area contributed by atoms with Gasteiger partial charge in [0.05, 0.1) is 0 Å². The molecule has 0 fully saturated rings. The van der Waals surface area contributed by atoms with Gasteiger partial charge < -0.3 is 19.7 Å². The van der Waals surface area contributed by atoms with Crippen molar-refractivity contribution in [1.29, 1.82) is 0 Å². The van der Waals surface area contributed by atoms with Crippen molar-refractivity contribution < 1.29 is 14.3 Å². The zero-order chi connectivity index (χ0) is 17.3. The van der Waals surface area contributed by atoms with Crippen LogP contribution in [0.15, 0.2) is 24.3 Å². The summed E-state index contributed by atoms with van der Waals surface area (Å²) in [6.45, 7) is 5.43. The fourth-order valence-corrected chi connectivity index (χ4v) is 2.07. The minimum absolute atomic E-state index is 0.116. The van der Waals surface area contributed by atoms with Crippen molar-refractivity contribution in [3.05, 3.63) is 24.3 Å². The number of anilines is 1. The van der Waals surface area contributed by atoms with Crippen LogP contribution in [0, 0.1) is 0 Å². The van der Waals surface area contributed by atoms with Gasteiger partial charge in [0.2, 0.25) is 0 Å². The Kier molecular flexibility index (Phi) is 8.06. The fraction of sp³-hybridized carbons (Fsp3) is 0.611. The summed E-state index contributed by atoms with van der Waals surface area (Å²) >= 11 is 0. The topological polar surface area (TPSA) is 50.8 Å². The van der Waals surface area contributed by atoms with Crippen LogP contribution in [0.5, 0.6) is 5.75 Å². The number of hydrogen-bond donors (Lipinski definition) is 1. The van der Waals surface area contributed by atoms with Crippen molar-refractivity contribution in [2.45, 2.75) is 38.7 Å². The molecule has 1 aromatic carbocycles. The predicted molar refractivity (Wildman–Crippen MR) is 94.1 cm³/mol. The van der Waals surface area contributed by atoms with Crippen molar-refractivity contribution in [3.8, 4) is 5.75 Å². The van der Waals surface area contributed by atoms with E-state index in [1.807, 2.05) is 45.3 Å². The molecule has 0 spiro atoms. The highest BCUT2D eigenvalue weighted by Crippen LogP contribution is 2.22. The molecule has 0 aliphatic heterocycles. The fourth-order valence-electron chi connectivity index (χ4n) is 2.07. The number of carbonyl (C=O) groups is 1. The number of nitrogens with one attached hydrogen (secondary N) is 1. The summed E-state index contributed by atoms with van der Waals surface area (Å²) in [6.07, 6.45) is 2.69. The molecule has 1 amide bonds. The van der Waals surface area contributed by atoms with Crippen LogP contribution in [0.1, 0.15) is 33.1 Å². The number of benzene rings is 1. The van der Waals surface area contributed by atoms with E-state index in [9.17, 15) is 4.79 Å². The first kappa shape index (κ1) is 19.5. The molecule has 0 saturated heterocycles. The SMILES string of the molecule is CCCC[C@@](C)(OC)C(=O)Nc1ccc(OCCN(C)C)cc1. The second-order valence-electron chi connectivity index (χ2n) is 6.17. The Bertz CT molecular complexity index is 474. The Morgan fingerprint density at radius 1 is 1.26 bits per heavy atom. The molecule has 5 nitrogen and oxygen atoms in total. The van der Waals surface area contributed by atoms with E-state index in [4.69, 9.17) is 9.47 Å². The van der Waals surface area contributed by atoms with Crippen molar-refractivity contribution in [2.24, 2.45) is 0 Å². The van der Waals surface area contributed by atoms with Gasteiger partial charge in [0, 0.05) is 19.3 Å². The maximum Gasteiger partial charge on any atom is 0.256 e. The number of methoxy groups -OCH3 is 1. The first-order chi connectivity index (χ1) is 10.9. The summed E-state index contributed by atoms with van der Waals surface area (Å²) < 4.78 is 11.1. The molecule has 0 saturated carbocycles. The lowest BCUT2D eigenvalue weighted by molar-refractivity contribution is -0.136. The number of amides is 1. The Balaban J connectivity index is 2.57. The van der Waals surface area contributed by atoms with E-state index in [0.29, 0.717) is 13.0 Å². The van der Waals surface area contributed by atoms with Crippen LogP contribution in [0.4, 0.5) is 5.69 Å². The van der Waals surface area contributed by atoms with Gasteiger partial charge in [-0.25, -0.2) is 0 Å². The number of unbranched alkanes of at least 4 members (excludes halogenated alkanes) is 1. The van der Waals surface area contributed by atoms with Gasteiger partial charge in [0.25, 0.3) is 5.91 Å². The summed E-state index contributed by atoms with van der Waals surface area (Å²) in [7, 11) is 5.59. The molecule has 1 atom stereocenters. The smallest absolute Gasteiger partial charge is 0.256 e. The van der Waals surface area contributed by atoms with E-state index in [2.05, 4.69) is 17.1 Å². The van der Waals surface area contributed by atoms with E-state index >= 15 is 0 Å². The van der Waals surface area contributed by atoms with Crippen LogP contribution in [-0.2, 0) is 9.53 Å². The molecule has 0 aromatic heterocycles. The highest BCUT2D eigenvalue weighted by Gasteiger charge is 2.32. The number of nitrogens with zero attached hydrogens (tertiary/aromatic N) is 1. The number of likely N-dealkylation sites (N-methyl/N-ethyl adjacent to an activating group) is 1. The maximum atomic E-state index is 12.4. The Labute approximate surface area is 140 Å². The average Bonchev–Trinajstić information content (AvgIpc) is 2.53. The Morgan fingerprint density at radius 3 is 2.43 bits per heavy atom. The minimum Gasteiger partial charge on any atom is -0.492 e. The zero-order valence-electron chi connectivity index (χ0n) is 15.0. The third-order valence-corrected chi connectivity index (χ3v) is 3.86. The first-order valence-electron chi connectivity index (χ1n) is 8.15. The molecular formula is C18H30N2O3. The normalized spacial score (nSPS) is 13.7. The number of hydrogen-bond acceptors (Lipinski definition) is 4. The van der Waals surface area contributed by atoms with Gasteiger partial charge in [-0.2, -0.15) is 0 Å². The lowest BCUT2D eigenvalue weighted by Gasteiger charge is -2.26. The standard InChI is InChI=1S/C18H30N2O3/c1-6-7-12-18(2,22-5)17(21)19-15-8-10-16(11-9-15)23-14-13-20(3)4/h8-11H,6-7,12-14H2,1-5H3,(H,19,21)/t18-/m1/s1. The molecule has 1 rings (SSSR count). The van der Waals surface area contributed by atoms with E-state index in [1.54, 1.807) is 7.11 Å². The summed E-state index contributed by atoms with van der Waals surface area (Å²) in [5, 5.41) is 2.92. The molecule has 0 unspecified atom stereocenters. The number of ether oxygens (including phenoxy) is 2. The molecular weight excluding hydrogens is 292 g/mol. The quantitative estimate of drug-likeness (QED) is 0.719. The molecule has 1 aromatic rings. The van der Waals surface area contributed by atoms with Crippen LogP contribution in [0.2, 0.25) is 0 Å². The molecule has 0 aliphatic carbocycles. The summed E-state index contributed by atoms with van der Waals surface area (Å²) in [5.74, 6) is 0.681. The molecule has 0 aliphatic rings. The van der Waals surface area contributed by atoms with Gasteiger partial charge >= 0.3 is 0 Å². The van der Waals surface area contributed by atoms with Gasteiger partial charge in [-0.05, 0) is 51.7 Å². The zero-order valence-corrected chi connectivity index (χ0v) is 15.0. The third kappa shape index (κ3) is 6.59. The van der Waals surface area contributed by atoms with Crippen LogP contribution in [0.25, 0.3) is 0 Å². The number of rotatable bonds is 10. The molecule has 0 heterocycles. The molecule has 130 valence electrons. The van der Waals surface area contributed by atoms with Gasteiger partial charge in [-0.1, -0.05) is 19.8 Å². The van der Waals surface area contributed by atoms with Crippen molar-refractivity contribution in [1.82, 2.24) is 4.90 Å². The van der Waals surface area contributed by atoms with Gasteiger partial charge in [0.1, 0.15) is 18.0 Å². The molecule has 1 N–H and O–H groups in total. The lowest BCUT2D eigenvalue weighted by atomic mass is 9.97. The predicted octanol–water partition coefficient (Wildman–Crippen LogP) is 3.16. The van der Waals surface area contributed by atoms with Gasteiger partial charge in [0.15, 0.2) is 0 Å². The van der Waals surface area contributed by atoms with Crippen LogP contribution in [-0.4, -0.2) is 50.8 Å². The molecule has 23 heavy (non-hydrogen) atoms. The van der Waals surface area contributed by atoms with E-state index in [0.717, 1.165) is 30.8 Å². The largest absolute Gasteiger partial charge is 0.492 e. The highest BCUT2D eigenvalue weighted by molar-refractivity contribution is 5.97. The molecule has 0 bridgehead atoms. The lowest BCUT2D eigenvalue weighted by Crippen LogP contribution is -2.41. The minimum atomic E-state index is -0.795. The average molecular weight is 322 g/mol. The van der Waals surface area contributed by atoms with E-state index in [-0.39, 0.29) is 5.91 Å². The van der Waals surface area contributed by atoms with E-state index in [1.165, 1.54) is 0 Å². The monoisotopic (exact) mass is 322 g/mol. The van der Waals surface area contributed by atoms with Crippen LogP contribution >= 0.6 is 0 Å². The Morgan fingerprint density at radius 2 is 1.91 bits per heavy atom. The van der Waals surface area contributed by atoms with Crippen molar-refractivity contribution in [2.75, 3.05) is 39.7 Å². The second kappa shape index (κ2) is 9.53. The van der Waals surface area contributed by atoms with Gasteiger partial charge in [-0.15, -0.1) is 0 Å². The summed E-state index contributed by atoms with van der Waals surface area (Å²) in [6, 6.07) is 7.42. The summed E-state index contributed by atoms with van der Waals surface area (Å²) in [5.41, 5.74) is -0.0496. The van der Waals surface area contributed by atoms with E-state index < -0.39 is 5.60 Å². The molecule has 0 radical (unpaired) electrons. The second-order valence-corrected chi connectivity index (χ2v) is 6.17. The van der Waals surface area contributed by atoms with Crippen molar-refractivity contribution >= 4 is 11.6 Å². The number of carbonyl (C=O) groups excluding carboxylic acids is 1. The Hall–Kier alpha value is -1.59. The highest BCUT2D eigenvalue weighted by atomic mass is 16.5. The first-order valence-corrected chi connectivity index (χ1v) is 8.15. The third-order valence-electron chi connectivity index (χ3n) is 3.86. The van der Waals surface area contributed by atoms with Crippen LogP contribution in [0.3, 0.4) is 0 Å². The summed E-state index contributed by atoms with van der Waals surface area (Å²) in [4.78, 5) is 14.5. The van der Waals surface area contributed by atoms with Crippen LogP contribution < -0.4 is 10.1 Å². The van der Waals surface area contributed by atoms with Crippen molar-refractivity contribution in [3.63, 3.8) is 0 Å². The molecule has 5 heteroatoms. The van der Waals surface area contributed by atoms with Gasteiger partial charge in [-0.3, -0.25) is 4.79 Å². The maximum absolute atomic E-state index is 12.4.